The molecule has 0 saturated heterocycles. The molecule has 1 rings (SSSR count). The van der Waals surface area contributed by atoms with E-state index in [2.05, 4.69) is 31.8 Å². The van der Waals surface area contributed by atoms with Crippen molar-refractivity contribution in [2.45, 2.75) is 6.54 Å². The first-order chi connectivity index (χ1) is 5.76. The summed E-state index contributed by atoms with van der Waals surface area (Å²) < 4.78 is 0. The first-order valence-electron chi connectivity index (χ1n) is 3.22. The molecule has 0 bridgehead atoms. The molecular formula is C7H7Br2ClMgN. The van der Waals surface area contributed by atoms with E-state index in [4.69, 9.17) is 17.3 Å². The summed E-state index contributed by atoms with van der Waals surface area (Å²) in [5.74, 6) is 0. The van der Waals surface area contributed by atoms with E-state index in [1.807, 2.05) is 6.07 Å². The number of rotatable bonds is 1. The van der Waals surface area contributed by atoms with Crippen LogP contribution in [0.5, 0.6) is 0 Å². The average molecular weight is 325 g/mol. The van der Waals surface area contributed by atoms with E-state index < -0.39 is 0 Å². The number of hydrogen-bond donors (Lipinski definition) is 1. The maximum Gasteiger partial charge on any atom is 0.560 e. The van der Waals surface area contributed by atoms with Crippen molar-refractivity contribution in [1.29, 1.82) is 0 Å². The Kier molecular flexibility index (Phi) is 9.65. The molecule has 0 unspecified atom stereocenters. The number of benzene rings is 1. The first kappa shape index (κ1) is 13.2. The topological polar surface area (TPSA) is 26.0 Å². The van der Waals surface area contributed by atoms with Crippen LogP contribution in [0.2, 0.25) is 5.02 Å². The zero-order valence-corrected chi connectivity index (χ0v) is 11.7. The highest BCUT2D eigenvalue weighted by Gasteiger charge is 1.92. The fourth-order valence-corrected chi connectivity index (χ4v) is 0.811. The van der Waals surface area contributed by atoms with Gasteiger partial charge in [0, 0.05) is 11.6 Å². The van der Waals surface area contributed by atoms with E-state index >= 15 is 0 Å². The second-order valence-electron chi connectivity index (χ2n) is 1.82. The van der Waals surface area contributed by atoms with Gasteiger partial charge in [0.1, 0.15) is 0 Å². The molecule has 0 aliphatic rings. The summed E-state index contributed by atoms with van der Waals surface area (Å²) in [6.45, 7) is 0.494. The van der Waals surface area contributed by atoms with E-state index in [0.717, 1.165) is 5.56 Å². The zero-order valence-electron chi connectivity index (χ0n) is 6.36. The Hall–Kier alpha value is 1.20. The monoisotopic (exact) mass is 322 g/mol. The van der Waals surface area contributed by atoms with Crippen molar-refractivity contribution in [2.24, 2.45) is 5.73 Å². The van der Waals surface area contributed by atoms with Gasteiger partial charge in [-0.05, 0) is 17.7 Å². The molecular weight excluding hydrogens is 318 g/mol. The van der Waals surface area contributed by atoms with Gasteiger partial charge in [0.15, 0.2) is 0 Å². The van der Waals surface area contributed by atoms with Crippen molar-refractivity contribution in [3.05, 3.63) is 34.9 Å². The maximum atomic E-state index is 5.71. The van der Waals surface area contributed by atoms with Crippen LogP contribution in [-0.4, -0.2) is 16.0 Å². The van der Waals surface area contributed by atoms with Crippen molar-refractivity contribution in [2.75, 3.05) is 0 Å². The minimum Gasteiger partial charge on any atom is -0.326 e. The molecule has 0 aromatic heterocycles. The molecule has 0 fully saturated rings. The summed E-state index contributed by atoms with van der Waals surface area (Å²) in [6.07, 6.45) is 0. The molecule has 1 aromatic carbocycles. The number of halogens is 3. The second kappa shape index (κ2) is 8.78. The Morgan fingerprint density at radius 3 is 2.50 bits per heavy atom. The van der Waals surface area contributed by atoms with Crippen molar-refractivity contribution in [3.8, 4) is 0 Å². The normalized spacial score (nSPS) is 8.00. The molecule has 1 aromatic rings. The summed E-state index contributed by atoms with van der Waals surface area (Å²) in [5.41, 5.74) is 6.32. The van der Waals surface area contributed by atoms with Gasteiger partial charge in [-0.25, -0.2) is 0 Å². The predicted octanol–water partition coefficient (Wildman–Crippen LogP) is 2.91. The lowest BCUT2D eigenvalue weighted by Gasteiger charge is -1.96. The van der Waals surface area contributed by atoms with Gasteiger partial charge in [0.05, 0.1) is 0 Å². The Balaban J connectivity index is 0.000000354. The van der Waals surface area contributed by atoms with E-state index in [0.29, 0.717) is 11.6 Å². The predicted molar refractivity (Wildman–Crippen MR) is 61.8 cm³/mol. The Bertz CT molecular complexity index is 222. The van der Waals surface area contributed by atoms with Crippen LogP contribution in [0.4, 0.5) is 0 Å². The summed E-state index contributed by atoms with van der Waals surface area (Å²) in [5, 5.41) is 0.694. The third-order valence-corrected chi connectivity index (χ3v) is 1.47. The minimum absolute atomic E-state index is 0.0417. The van der Waals surface area contributed by atoms with Crippen molar-refractivity contribution >= 4 is 53.4 Å². The molecule has 0 atom stereocenters. The van der Waals surface area contributed by atoms with Gasteiger partial charge < -0.3 is 5.73 Å². The highest BCUT2D eigenvalue weighted by atomic mass is 79.9. The summed E-state index contributed by atoms with van der Waals surface area (Å²) in [6, 6.07) is 8.22. The molecule has 0 aliphatic heterocycles. The maximum absolute atomic E-state index is 5.71. The van der Waals surface area contributed by atoms with Crippen LogP contribution in [0.25, 0.3) is 0 Å². The van der Waals surface area contributed by atoms with Crippen LogP contribution in [0.1, 0.15) is 5.56 Å². The number of hydrogen-bond acceptors (Lipinski definition) is 1. The molecule has 1 radical (unpaired) electrons. The van der Waals surface area contributed by atoms with Crippen LogP contribution in [0, 0.1) is 6.07 Å². The van der Waals surface area contributed by atoms with Crippen LogP contribution >= 0.6 is 37.4 Å². The van der Waals surface area contributed by atoms with E-state index in [1.165, 1.54) is 0 Å². The van der Waals surface area contributed by atoms with Gasteiger partial charge in [-0.1, -0.05) is 23.7 Å². The first-order valence-corrected chi connectivity index (χ1v) is 11.4. The smallest absolute Gasteiger partial charge is 0.326 e. The molecule has 12 heavy (non-hydrogen) atoms. The Labute approximate surface area is 99.5 Å². The summed E-state index contributed by atoms with van der Waals surface area (Å²) in [4.78, 5) is 0. The van der Waals surface area contributed by atoms with E-state index in [1.54, 1.807) is 12.1 Å². The highest BCUT2D eigenvalue weighted by Crippen LogP contribution is 2.12. The molecule has 0 heterocycles. The third kappa shape index (κ3) is 5.78. The molecule has 0 amide bonds. The van der Waals surface area contributed by atoms with Gasteiger partial charge in [0.25, 0.3) is 0 Å². The summed E-state index contributed by atoms with van der Waals surface area (Å²) >= 11 is 12.2. The van der Waals surface area contributed by atoms with Gasteiger partial charge in [-0.15, -0.1) is 0 Å². The van der Waals surface area contributed by atoms with Gasteiger partial charge >= 0.3 is 16.0 Å². The van der Waals surface area contributed by atoms with Crippen LogP contribution in [0.3, 0.4) is 0 Å². The fourth-order valence-electron chi connectivity index (χ4n) is 0.608. The molecule has 1 nitrogen and oxygen atoms in total. The SMILES string of the molecule is NCc1cc[c]cc1Cl.[Br][Mg][Br]. The molecule has 2 N–H and O–H groups in total. The average Bonchev–Trinajstić information content (AvgIpc) is 2.07. The quantitative estimate of drug-likeness (QED) is 0.790. The lowest BCUT2D eigenvalue weighted by molar-refractivity contribution is 1.07. The van der Waals surface area contributed by atoms with Crippen molar-refractivity contribution in [3.63, 3.8) is 0 Å². The molecule has 0 spiro atoms. The van der Waals surface area contributed by atoms with Crippen molar-refractivity contribution < 1.29 is 0 Å². The van der Waals surface area contributed by atoms with Gasteiger partial charge in [-0.3, -0.25) is 25.8 Å². The van der Waals surface area contributed by atoms with Gasteiger partial charge in [-0.2, -0.15) is 0 Å². The molecule has 0 saturated carbocycles. The standard InChI is InChI=1S/C7H7ClN.2BrH.Mg/c8-7-4-2-1-3-6(7)5-9;;;/h1,3-4H,5,9H2;2*1H;/q;;;+2/p-2. The minimum atomic E-state index is 0.0417. The lowest BCUT2D eigenvalue weighted by atomic mass is 10.2. The van der Waals surface area contributed by atoms with E-state index in [-0.39, 0.29) is 16.0 Å². The van der Waals surface area contributed by atoms with Crippen molar-refractivity contribution in [1.82, 2.24) is 0 Å². The lowest BCUT2D eigenvalue weighted by Crippen LogP contribution is -1.95. The third-order valence-electron chi connectivity index (χ3n) is 1.12. The van der Waals surface area contributed by atoms with Crippen LogP contribution in [-0.2, 0) is 6.54 Å². The van der Waals surface area contributed by atoms with E-state index in [9.17, 15) is 0 Å². The largest absolute Gasteiger partial charge is 0.560 e. The molecule has 63 valence electrons. The second-order valence-corrected chi connectivity index (χ2v) is 10.3. The zero-order chi connectivity index (χ0) is 9.40. The highest BCUT2D eigenvalue weighted by molar-refractivity contribution is 9.47. The van der Waals surface area contributed by atoms with Crippen LogP contribution < -0.4 is 5.73 Å². The summed E-state index contributed by atoms with van der Waals surface area (Å²) in [7, 11) is 0. The fraction of sp³-hybridized carbons (Fsp3) is 0.143. The number of nitrogens with two attached hydrogens (primary N) is 1. The molecule has 5 heteroatoms. The molecule has 0 aliphatic carbocycles. The Morgan fingerprint density at radius 2 is 2.17 bits per heavy atom. The van der Waals surface area contributed by atoms with Crippen LogP contribution in [0.15, 0.2) is 18.2 Å². The van der Waals surface area contributed by atoms with Gasteiger partial charge in [0.2, 0.25) is 0 Å². The Morgan fingerprint density at radius 1 is 1.58 bits per heavy atom.